The van der Waals surface area contributed by atoms with Gasteiger partial charge in [-0.3, -0.25) is 0 Å². The summed E-state index contributed by atoms with van der Waals surface area (Å²) in [5.41, 5.74) is 0. The van der Waals surface area contributed by atoms with Crippen molar-refractivity contribution in [3.63, 3.8) is 0 Å². The number of rotatable bonds is 9. The maximum atomic E-state index is 6.19. The number of hydrogen-bond donors (Lipinski definition) is 0. The Bertz CT molecular complexity index is 298. The van der Waals surface area contributed by atoms with Crippen LogP contribution in [0.1, 0.15) is 91.4 Å². The van der Waals surface area contributed by atoms with Crippen molar-refractivity contribution in [1.82, 2.24) is 4.90 Å². The third-order valence-corrected chi connectivity index (χ3v) is 5.99. The molecule has 2 fully saturated rings. The minimum absolute atomic E-state index is 0.466. The molecule has 2 unspecified atom stereocenters. The summed E-state index contributed by atoms with van der Waals surface area (Å²) < 4.78 is 6.19. The second-order valence-electron chi connectivity index (χ2n) is 8.42. The SMILES string of the molecule is CCCC(C)OC1CCC(CCCCN2CCCC(C)C2)CC1. The fourth-order valence-electron chi connectivity index (χ4n) is 4.62. The lowest BCUT2D eigenvalue weighted by atomic mass is 9.84. The first kappa shape index (κ1) is 19.2. The summed E-state index contributed by atoms with van der Waals surface area (Å²) in [6.07, 6.45) is 16.1. The number of unbranched alkanes of at least 4 members (excludes halogenated alkanes) is 1. The molecule has 1 saturated carbocycles. The van der Waals surface area contributed by atoms with Crippen LogP contribution in [0.25, 0.3) is 0 Å². The van der Waals surface area contributed by atoms with E-state index >= 15 is 0 Å². The number of likely N-dealkylation sites (tertiary alicyclic amines) is 1. The molecule has 2 rings (SSSR count). The molecule has 1 aliphatic heterocycles. The third kappa shape index (κ3) is 7.56. The highest BCUT2D eigenvalue weighted by Crippen LogP contribution is 2.30. The Morgan fingerprint density at radius 3 is 2.57 bits per heavy atom. The Morgan fingerprint density at radius 2 is 1.87 bits per heavy atom. The monoisotopic (exact) mass is 323 g/mol. The normalized spacial score (nSPS) is 31.2. The zero-order valence-electron chi connectivity index (χ0n) is 16.1. The van der Waals surface area contributed by atoms with E-state index in [1.165, 1.54) is 90.3 Å². The molecule has 0 spiro atoms. The second-order valence-corrected chi connectivity index (χ2v) is 8.42. The van der Waals surface area contributed by atoms with Gasteiger partial charge in [-0.05, 0) is 83.2 Å². The van der Waals surface area contributed by atoms with Crippen molar-refractivity contribution in [1.29, 1.82) is 0 Å². The zero-order chi connectivity index (χ0) is 16.5. The van der Waals surface area contributed by atoms with Gasteiger partial charge in [-0.15, -0.1) is 0 Å². The van der Waals surface area contributed by atoms with Gasteiger partial charge in [0.2, 0.25) is 0 Å². The number of piperidine rings is 1. The predicted molar refractivity (Wildman–Crippen MR) is 99.9 cm³/mol. The number of ether oxygens (including phenoxy) is 1. The topological polar surface area (TPSA) is 12.5 Å². The zero-order valence-corrected chi connectivity index (χ0v) is 16.1. The molecule has 0 aromatic heterocycles. The van der Waals surface area contributed by atoms with Crippen LogP contribution in [0, 0.1) is 11.8 Å². The highest BCUT2D eigenvalue weighted by atomic mass is 16.5. The van der Waals surface area contributed by atoms with Crippen LogP contribution >= 0.6 is 0 Å². The second kappa shape index (κ2) is 10.7. The molecule has 136 valence electrons. The molecule has 0 aromatic carbocycles. The number of nitrogens with zero attached hydrogens (tertiary/aromatic N) is 1. The summed E-state index contributed by atoms with van der Waals surface area (Å²) in [4.78, 5) is 2.70. The van der Waals surface area contributed by atoms with Crippen molar-refractivity contribution < 1.29 is 4.74 Å². The van der Waals surface area contributed by atoms with E-state index in [0.717, 1.165) is 11.8 Å². The molecule has 0 amide bonds. The molecule has 0 aromatic rings. The quantitative estimate of drug-likeness (QED) is 0.508. The van der Waals surface area contributed by atoms with E-state index in [2.05, 4.69) is 25.7 Å². The van der Waals surface area contributed by atoms with E-state index in [4.69, 9.17) is 4.74 Å². The van der Waals surface area contributed by atoms with Crippen LogP contribution in [0.15, 0.2) is 0 Å². The van der Waals surface area contributed by atoms with Crippen molar-refractivity contribution in [2.75, 3.05) is 19.6 Å². The first-order valence-electron chi connectivity index (χ1n) is 10.5. The van der Waals surface area contributed by atoms with Crippen molar-refractivity contribution >= 4 is 0 Å². The van der Waals surface area contributed by atoms with Crippen LogP contribution in [0.2, 0.25) is 0 Å². The summed E-state index contributed by atoms with van der Waals surface area (Å²) >= 11 is 0. The fraction of sp³-hybridized carbons (Fsp3) is 1.00. The largest absolute Gasteiger partial charge is 0.375 e. The van der Waals surface area contributed by atoms with Crippen LogP contribution < -0.4 is 0 Å². The smallest absolute Gasteiger partial charge is 0.0579 e. The van der Waals surface area contributed by atoms with E-state index < -0.39 is 0 Å². The molecule has 1 heterocycles. The average molecular weight is 324 g/mol. The average Bonchev–Trinajstić information content (AvgIpc) is 2.53. The third-order valence-electron chi connectivity index (χ3n) is 5.99. The Labute approximate surface area is 145 Å². The summed E-state index contributed by atoms with van der Waals surface area (Å²) in [5, 5.41) is 0. The van der Waals surface area contributed by atoms with Gasteiger partial charge in [0.1, 0.15) is 0 Å². The Morgan fingerprint density at radius 1 is 1.09 bits per heavy atom. The standard InChI is InChI=1S/C21H41NO/c1-4-8-19(3)23-21-13-11-20(12-14-21)10-5-6-15-22-16-7-9-18(2)17-22/h18-21H,4-17H2,1-3H3. The maximum Gasteiger partial charge on any atom is 0.0579 e. The molecule has 2 atom stereocenters. The molecule has 0 radical (unpaired) electrons. The van der Waals surface area contributed by atoms with Gasteiger partial charge in [0.15, 0.2) is 0 Å². The van der Waals surface area contributed by atoms with Gasteiger partial charge in [0.05, 0.1) is 12.2 Å². The lowest BCUT2D eigenvalue weighted by molar-refractivity contribution is -0.0320. The van der Waals surface area contributed by atoms with Crippen LogP contribution in [-0.4, -0.2) is 36.7 Å². The van der Waals surface area contributed by atoms with Crippen molar-refractivity contribution in [2.45, 2.75) is 104 Å². The van der Waals surface area contributed by atoms with E-state index in [1.54, 1.807) is 0 Å². The summed E-state index contributed by atoms with van der Waals surface area (Å²) in [7, 11) is 0. The maximum absolute atomic E-state index is 6.19. The molecule has 1 saturated heterocycles. The van der Waals surface area contributed by atoms with Gasteiger partial charge in [-0.25, -0.2) is 0 Å². The highest BCUT2D eigenvalue weighted by molar-refractivity contribution is 4.75. The van der Waals surface area contributed by atoms with Crippen LogP contribution in [0.4, 0.5) is 0 Å². The highest BCUT2D eigenvalue weighted by Gasteiger charge is 2.23. The number of hydrogen-bond acceptors (Lipinski definition) is 2. The van der Waals surface area contributed by atoms with Gasteiger partial charge in [0.25, 0.3) is 0 Å². The summed E-state index contributed by atoms with van der Waals surface area (Å²) in [6, 6.07) is 0. The van der Waals surface area contributed by atoms with E-state index in [9.17, 15) is 0 Å². The molecule has 0 N–H and O–H groups in total. The first-order chi connectivity index (χ1) is 11.2. The van der Waals surface area contributed by atoms with Crippen molar-refractivity contribution in [3.8, 4) is 0 Å². The first-order valence-corrected chi connectivity index (χ1v) is 10.5. The summed E-state index contributed by atoms with van der Waals surface area (Å²) in [5.74, 6) is 1.91. The molecule has 2 heteroatoms. The van der Waals surface area contributed by atoms with Gasteiger partial charge < -0.3 is 9.64 Å². The fourth-order valence-corrected chi connectivity index (χ4v) is 4.62. The Kier molecular flexibility index (Phi) is 8.97. The molecular formula is C21H41NO. The lowest BCUT2D eigenvalue weighted by Gasteiger charge is -2.32. The van der Waals surface area contributed by atoms with Gasteiger partial charge in [-0.1, -0.05) is 33.1 Å². The minimum Gasteiger partial charge on any atom is -0.375 e. The van der Waals surface area contributed by atoms with Crippen LogP contribution in [0.3, 0.4) is 0 Å². The molecular weight excluding hydrogens is 282 g/mol. The van der Waals surface area contributed by atoms with E-state index in [-0.39, 0.29) is 0 Å². The van der Waals surface area contributed by atoms with Crippen LogP contribution in [-0.2, 0) is 4.74 Å². The molecule has 23 heavy (non-hydrogen) atoms. The van der Waals surface area contributed by atoms with Crippen molar-refractivity contribution in [3.05, 3.63) is 0 Å². The van der Waals surface area contributed by atoms with Gasteiger partial charge in [0, 0.05) is 6.54 Å². The van der Waals surface area contributed by atoms with Crippen LogP contribution in [0.5, 0.6) is 0 Å². The Balaban J connectivity index is 1.49. The van der Waals surface area contributed by atoms with Crippen molar-refractivity contribution in [2.24, 2.45) is 11.8 Å². The minimum atomic E-state index is 0.466. The molecule has 0 bridgehead atoms. The molecule has 2 nitrogen and oxygen atoms in total. The summed E-state index contributed by atoms with van der Waals surface area (Å²) in [6.45, 7) is 10.9. The van der Waals surface area contributed by atoms with Gasteiger partial charge >= 0.3 is 0 Å². The van der Waals surface area contributed by atoms with E-state index in [1.807, 2.05) is 0 Å². The van der Waals surface area contributed by atoms with E-state index in [0.29, 0.717) is 12.2 Å². The predicted octanol–water partition coefficient (Wildman–Crippen LogP) is 5.65. The Hall–Kier alpha value is -0.0800. The lowest BCUT2D eigenvalue weighted by Crippen LogP contribution is -2.35. The molecule has 1 aliphatic carbocycles. The van der Waals surface area contributed by atoms with Gasteiger partial charge in [-0.2, -0.15) is 0 Å². The molecule has 2 aliphatic rings.